The van der Waals surface area contributed by atoms with E-state index in [2.05, 4.69) is 40.0 Å². The van der Waals surface area contributed by atoms with Gasteiger partial charge in [0.2, 0.25) is 5.91 Å². The molecule has 0 radical (unpaired) electrons. The molecule has 1 N–H and O–H groups in total. The van der Waals surface area contributed by atoms with Gasteiger partial charge in [0.05, 0.1) is 6.54 Å². The molecule has 0 unspecified atom stereocenters. The lowest BCUT2D eigenvalue weighted by Crippen LogP contribution is -2.31. The molecule has 0 heterocycles. The number of halogens is 1. The van der Waals surface area contributed by atoms with E-state index in [0.717, 1.165) is 28.7 Å². The number of aryl methyl sites for hydroxylation is 1. The number of rotatable bonds is 6. The Morgan fingerprint density at radius 3 is 2.68 bits per heavy atom. The molecule has 106 valence electrons. The number of amides is 1. The van der Waals surface area contributed by atoms with Gasteiger partial charge in [0.15, 0.2) is 0 Å². The highest BCUT2D eigenvalue weighted by atomic mass is 79.9. The van der Waals surface area contributed by atoms with Crippen LogP contribution < -0.4 is 5.32 Å². The van der Waals surface area contributed by atoms with Gasteiger partial charge in [0, 0.05) is 10.2 Å². The second-order valence-corrected chi connectivity index (χ2v) is 6.34. The molecule has 3 nitrogen and oxygen atoms in total. The normalized spacial score (nSPS) is 11.1. The van der Waals surface area contributed by atoms with E-state index in [9.17, 15) is 4.79 Å². The van der Waals surface area contributed by atoms with Gasteiger partial charge in [0.1, 0.15) is 0 Å². The SMILES string of the molecule is Cc1cc(Br)ccc1NC(=O)CN(C)CCC(C)C. The fourth-order valence-electron chi connectivity index (χ4n) is 1.76. The van der Waals surface area contributed by atoms with E-state index in [0.29, 0.717) is 12.5 Å². The maximum atomic E-state index is 11.9. The lowest BCUT2D eigenvalue weighted by atomic mass is 10.1. The van der Waals surface area contributed by atoms with Crippen LogP contribution in [0.2, 0.25) is 0 Å². The molecule has 0 aliphatic heterocycles. The van der Waals surface area contributed by atoms with Crippen LogP contribution in [0.4, 0.5) is 5.69 Å². The molecule has 19 heavy (non-hydrogen) atoms. The molecule has 0 bridgehead atoms. The van der Waals surface area contributed by atoms with Crippen molar-refractivity contribution in [1.82, 2.24) is 4.90 Å². The van der Waals surface area contributed by atoms with Crippen LogP contribution in [0, 0.1) is 12.8 Å². The second kappa shape index (κ2) is 7.65. The van der Waals surface area contributed by atoms with Crippen LogP contribution >= 0.6 is 15.9 Å². The van der Waals surface area contributed by atoms with Crippen LogP contribution in [-0.4, -0.2) is 30.9 Å². The summed E-state index contributed by atoms with van der Waals surface area (Å²) < 4.78 is 1.03. The van der Waals surface area contributed by atoms with Crippen LogP contribution in [0.3, 0.4) is 0 Å². The van der Waals surface area contributed by atoms with Gasteiger partial charge in [-0.05, 0) is 56.6 Å². The number of nitrogens with zero attached hydrogens (tertiary/aromatic N) is 1. The number of carbonyl (C=O) groups excluding carboxylic acids is 1. The van der Waals surface area contributed by atoms with Crippen molar-refractivity contribution in [2.45, 2.75) is 27.2 Å². The minimum absolute atomic E-state index is 0.0386. The molecule has 1 amide bonds. The molecular weight excluding hydrogens is 304 g/mol. The smallest absolute Gasteiger partial charge is 0.238 e. The number of hydrogen-bond donors (Lipinski definition) is 1. The average Bonchev–Trinajstić information content (AvgIpc) is 2.30. The molecular formula is C15H23BrN2O. The van der Waals surface area contributed by atoms with Gasteiger partial charge in [-0.2, -0.15) is 0 Å². The largest absolute Gasteiger partial charge is 0.325 e. The second-order valence-electron chi connectivity index (χ2n) is 5.43. The quantitative estimate of drug-likeness (QED) is 0.864. The van der Waals surface area contributed by atoms with Crippen LogP contribution in [0.15, 0.2) is 22.7 Å². The van der Waals surface area contributed by atoms with Gasteiger partial charge in [0.25, 0.3) is 0 Å². The van der Waals surface area contributed by atoms with Crippen molar-refractivity contribution in [2.24, 2.45) is 5.92 Å². The predicted molar refractivity (Wildman–Crippen MR) is 84.5 cm³/mol. The average molecular weight is 327 g/mol. The molecule has 0 aromatic heterocycles. The lowest BCUT2D eigenvalue weighted by molar-refractivity contribution is -0.117. The van der Waals surface area contributed by atoms with Gasteiger partial charge in [-0.3, -0.25) is 9.69 Å². The Labute approximate surface area is 124 Å². The molecule has 1 aromatic rings. The minimum atomic E-state index is 0.0386. The topological polar surface area (TPSA) is 32.3 Å². The van der Waals surface area contributed by atoms with Crippen LogP contribution in [0.25, 0.3) is 0 Å². The molecule has 0 saturated heterocycles. The van der Waals surface area contributed by atoms with E-state index in [1.807, 2.05) is 32.2 Å². The number of likely N-dealkylation sites (N-methyl/N-ethyl adjacent to an activating group) is 1. The number of anilines is 1. The molecule has 0 aliphatic rings. The number of benzene rings is 1. The van der Waals surface area contributed by atoms with Gasteiger partial charge >= 0.3 is 0 Å². The highest BCUT2D eigenvalue weighted by Gasteiger charge is 2.08. The highest BCUT2D eigenvalue weighted by Crippen LogP contribution is 2.19. The van der Waals surface area contributed by atoms with Crippen molar-refractivity contribution in [2.75, 3.05) is 25.5 Å². The fraction of sp³-hybridized carbons (Fsp3) is 0.533. The van der Waals surface area contributed by atoms with E-state index >= 15 is 0 Å². The maximum absolute atomic E-state index is 11.9. The third-order valence-corrected chi connectivity index (χ3v) is 3.46. The molecule has 0 fully saturated rings. The summed E-state index contributed by atoms with van der Waals surface area (Å²) in [6, 6.07) is 5.86. The summed E-state index contributed by atoms with van der Waals surface area (Å²) in [6.45, 7) is 7.76. The Morgan fingerprint density at radius 2 is 2.11 bits per heavy atom. The Hall–Kier alpha value is -0.870. The summed E-state index contributed by atoms with van der Waals surface area (Å²) in [5, 5.41) is 2.95. The fourth-order valence-corrected chi connectivity index (χ4v) is 2.24. The van der Waals surface area contributed by atoms with Crippen molar-refractivity contribution in [3.8, 4) is 0 Å². The third kappa shape index (κ3) is 6.21. The monoisotopic (exact) mass is 326 g/mol. The molecule has 1 aromatic carbocycles. The van der Waals surface area contributed by atoms with Crippen molar-refractivity contribution in [1.29, 1.82) is 0 Å². The zero-order chi connectivity index (χ0) is 14.4. The highest BCUT2D eigenvalue weighted by molar-refractivity contribution is 9.10. The van der Waals surface area contributed by atoms with E-state index in [1.54, 1.807) is 0 Å². The molecule has 0 saturated carbocycles. The Kier molecular flexibility index (Phi) is 6.52. The first kappa shape index (κ1) is 16.2. The van der Waals surface area contributed by atoms with Gasteiger partial charge in [-0.25, -0.2) is 0 Å². The Morgan fingerprint density at radius 1 is 1.42 bits per heavy atom. The van der Waals surface area contributed by atoms with E-state index in [4.69, 9.17) is 0 Å². The first-order valence-electron chi connectivity index (χ1n) is 6.63. The van der Waals surface area contributed by atoms with Crippen molar-refractivity contribution in [3.63, 3.8) is 0 Å². The standard InChI is InChI=1S/C15H23BrN2O/c1-11(2)7-8-18(4)10-15(19)17-14-6-5-13(16)9-12(14)3/h5-6,9,11H,7-8,10H2,1-4H3,(H,17,19). The molecule has 0 spiro atoms. The Balaban J connectivity index is 2.46. The minimum Gasteiger partial charge on any atom is -0.325 e. The van der Waals surface area contributed by atoms with Crippen LogP contribution in [-0.2, 0) is 4.79 Å². The number of carbonyl (C=O) groups is 1. The van der Waals surface area contributed by atoms with Crippen LogP contribution in [0.5, 0.6) is 0 Å². The molecule has 0 aliphatic carbocycles. The van der Waals surface area contributed by atoms with Gasteiger partial charge in [-0.15, -0.1) is 0 Å². The number of nitrogens with one attached hydrogen (secondary N) is 1. The summed E-state index contributed by atoms with van der Waals surface area (Å²) in [6.07, 6.45) is 1.11. The summed E-state index contributed by atoms with van der Waals surface area (Å²) in [4.78, 5) is 14.0. The summed E-state index contributed by atoms with van der Waals surface area (Å²) in [5.41, 5.74) is 1.94. The molecule has 0 atom stereocenters. The van der Waals surface area contributed by atoms with E-state index in [1.165, 1.54) is 0 Å². The third-order valence-electron chi connectivity index (χ3n) is 2.96. The zero-order valence-electron chi connectivity index (χ0n) is 12.2. The van der Waals surface area contributed by atoms with E-state index < -0.39 is 0 Å². The zero-order valence-corrected chi connectivity index (χ0v) is 13.8. The Bertz CT molecular complexity index is 432. The maximum Gasteiger partial charge on any atom is 0.238 e. The van der Waals surface area contributed by atoms with Crippen LogP contribution in [0.1, 0.15) is 25.8 Å². The molecule has 1 rings (SSSR count). The summed E-state index contributed by atoms with van der Waals surface area (Å²) >= 11 is 3.42. The van der Waals surface area contributed by atoms with Crippen molar-refractivity contribution >= 4 is 27.5 Å². The van der Waals surface area contributed by atoms with Crippen molar-refractivity contribution < 1.29 is 4.79 Å². The predicted octanol–water partition coefficient (Wildman–Crippen LogP) is 3.67. The lowest BCUT2D eigenvalue weighted by Gasteiger charge is -2.17. The number of hydrogen-bond acceptors (Lipinski definition) is 2. The summed E-state index contributed by atoms with van der Waals surface area (Å²) in [7, 11) is 1.98. The van der Waals surface area contributed by atoms with Gasteiger partial charge < -0.3 is 5.32 Å². The first-order valence-corrected chi connectivity index (χ1v) is 7.42. The summed E-state index contributed by atoms with van der Waals surface area (Å²) in [5.74, 6) is 0.705. The first-order chi connectivity index (χ1) is 8.88. The van der Waals surface area contributed by atoms with Gasteiger partial charge in [-0.1, -0.05) is 29.8 Å². The van der Waals surface area contributed by atoms with Crippen molar-refractivity contribution in [3.05, 3.63) is 28.2 Å². The van der Waals surface area contributed by atoms with E-state index in [-0.39, 0.29) is 5.91 Å². The molecule has 4 heteroatoms.